The quantitative estimate of drug-likeness (QED) is 0.144. The van der Waals surface area contributed by atoms with E-state index in [1.54, 1.807) is 0 Å². The van der Waals surface area contributed by atoms with Gasteiger partial charge in [-0.2, -0.15) is 0 Å². The second-order valence-corrected chi connectivity index (χ2v) is 18.7. The Morgan fingerprint density at radius 3 is 1.37 bits per heavy atom. The molecule has 326 valence electrons. The Bertz CT molecular complexity index is 3970. The summed E-state index contributed by atoms with van der Waals surface area (Å²) >= 11 is 0. The standard InChI is InChI=1S/C69H45N/c1-2-19-46(20-3-1)51-23-6-7-24-54(51)56-25-8-9-26-57(56)62-30-13-17-36-68(62)70(49-40-37-48(38-41-49)53-31-18-32-55-52-22-5-4-21-47(52)39-43-58(53)55)50-42-44-67-63(45-50)61-29-12-16-35-66(61)69(67)64-33-14-10-27-59(64)60-28-11-15-34-65(60)69/h1-45H. The molecule has 0 radical (unpaired) electrons. The lowest BCUT2D eigenvalue weighted by Gasteiger charge is -2.32. The van der Waals surface area contributed by atoms with Gasteiger partial charge in [-0.3, -0.25) is 0 Å². The van der Waals surface area contributed by atoms with Crippen LogP contribution in [0.5, 0.6) is 0 Å². The molecule has 0 aliphatic heterocycles. The second kappa shape index (κ2) is 16.0. The van der Waals surface area contributed by atoms with Gasteiger partial charge in [-0.15, -0.1) is 0 Å². The van der Waals surface area contributed by atoms with E-state index in [4.69, 9.17) is 0 Å². The Kier molecular flexibility index (Phi) is 9.19. The van der Waals surface area contributed by atoms with Gasteiger partial charge in [0.05, 0.1) is 11.1 Å². The Labute approximate surface area is 408 Å². The van der Waals surface area contributed by atoms with Gasteiger partial charge in [0.1, 0.15) is 0 Å². The third-order valence-corrected chi connectivity index (χ3v) is 15.1. The molecule has 0 atom stereocenters. The molecule has 12 aromatic carbocycles. The van der Waals surface area contributed by atoms with Crippen LogP contribution in [0.4, 0.5) is 17.1 Å². The lowest BCUT2D eigenvalue weighted by atomic mass is 9.70. The molecule has 0 unspecified atom stereocenters. The fraction of sp³-hybridized carbons (Fsp3) is 0.0145. The highest BCUT2D eigenvalue weighted by Gasteiger charge is 2.51. The first-order valence-corrected chi connectivity index (χ1v) is 24.3. The monoisotopic (exact) mass is 887 g/mol. The van der Waals surface area contributed by atoms with Gasteiger partial charge in [0.15, 0.2) is 0 Å². The second-order valence-electron chi connectivity index (χ2n) is 18.7. The zero-order valence-electron chi connectivity index (χ0n) is 38.4. The van der Waals surface area contributed by atoms with Crippen LogP contribution in [0.25, 0.3) is 88.3 Å². The summed E-state index contributed by atoms with van der Waals surface area (Å²) in [7, 11) is 0. The van der Waals surface area contributed by atoms with E-state index in [9.17, 15) is 0 Å². The number of hydrogen-bond donors (Lipinski definition) is 0. The average Bonchev–Trinajstić information content (AvgIpc) is 3.91. The Morgan fingerprint density at radius 2 is 0.686 bits per heavy atom. The summed E-state index contributed by atoms with van der Waals surface area (Å²) in [6.07, 6.45) is 0. The summed E-state index contributed by atoms with van der Waals surface area (Å²) in [4.78, 5) is 2.49. The summed E-state index contributed by atoms with van der Waals surface area (Å²) in [5.41, 5.74) is 22.9. The molecule has 0 N–H and O–H groups in total. The van der Waals surface area contributed by atoms with Crippen molar-refractivity contribution in [3.8, 4) is 66.8 Å². The number of fused-ring (bicyclic) bond motifs is 13. The van der Waals surface area contributed by atoms with E-state index in [0.29, 0.717) is 0 Å². The zero-order chi connectivity index (χ0) is 46.2. The molecule has 0 bridgehead atoms. The number of hydrogen-bond acceptors (Lipinski definition) is 1. The minimum absolute atomic E-state index is 0.420. The van der Waals surface area contributed by atoms with Crippen molar-refractivity contribution in [2.24, 2.45) is 0 Å². The van der Waals surface area contributed by atoms with Crippen molar-refractivity contribution in [2.75, 3.05) is 4.90 Å². The number of nitrogens with zero attached hydrogens (tertiary/aromatic N) is 1. The van der Waals surface area contributed by atoms with Crippen LogP contribution in [0.15, 0.2) is 273 Å². The highest BCUT2D eigenvalue weighted by atomic mass is 15.1. The molecule has 0 fully saturated rings. The molecule has 0 amide bonds. The van der Waals surface area contributed by atoms with Crippen LogP contribution >= 0.6 is 0 Å². The molecule has 1 nitrogen and oxygen atoms in total. The summed E-state index contributed by atoms with van der Waals surface area (Å²) in [6.45, 7) is 0. The summed E-state index contributed by atoms with van der Waals surface area (Å²) < 4.78 is 0. The van der Waals surface area contributed by atoms with Gasteiger partial charge in [0, 0.05) is 16.9 Å². The van der Waals surface area contributed by atoms with E-state index in [1.807, 2.05) is 0 Å². The lowest BCUT2D eigenvalue weighted by Crippen LogP contribution is -2.25. The third-order valence-electron chi connectivity index (χ3n) is 15.1. The van der Waals surface area contributed by atoms with Crippen molar-refractivity contribution in [3.05, 3.63) is 295 Å². The van der Waals surface area contributed by atoms with Gasteiger partial charge in [0.2, 0.25) is 0 Å². The molecular weight excluding hydrogens is 843 g/mol. The minimum Gasteiger partial charge on any atom is -0.310 e. The van der Waals surface area contributed by atoms with E-state index < -0.39 is 5.41 Å². The van der Waals surface area contributed by atoms with E-state index >= 15 is 0 Å². The molecule has 1 spiro atoms. The minimum atomic E-state index is -0.420. The Morgan fingerprint density at radius 1 is 0.229 bits per heavy atom. The molecule has 1 heteroatoms. The van der Waals surface area contributed by atoms with Crippen molar-refractivity contribution in [1.82, 2.24) is 0 Å². The zero-order valence-corrected chi connectivity index (χ0v) is 38.4. The van der Waals surface area contributed by atoms with Gasteiger partial charge in [-0.1, -0.05) is 243 Å². The number of benzene rings is 12. The highest BCUT2D eigenvalue weighted by Crippen LogP contribution is 2.63. The van der Waals surface area contributed by atoms with E-state index in [1.165, 1.54) is 105 Å². The van der Waals surface area contributed by atoms with Crippen LogP contribution in [0.1, 0.15) is 22.3 Å². The molecule has 70 heavy (non-hydrogen) atoms. The van der Waals surface area contributed by atoms with Crippen LogP contribution in [0, 0.1) is 0 Å². The van der Waals surface area contributed by atoms with E-state index in [-0.39, 0.29) is 0 Å². The smallest absolute Gasteiger partial charge is 0.0725 e. The van der Waals surface area contributed by atoms with Gasteiger partial charge < -0.3 is 4.90 Å². The van der Waals surface area contributed by atoms with Crippen LogP contribution in [0.3, 0.4) is 0 Å². The third kappa shape index (κ3) is 5.98. The summed E-state index contributed by atoms with van der Waals surface area (Å²) in [5, 5.41) is 5.06. The fourth-order valence-corrected chi connectivity index (χ4v) is 12.2. The van der Waals surface area contributed by atoms with Gasteiger partial charge in [-0.05, 0) is 135 Å². The van der Waals surface area contributed by atoms with Crippen molar-refractivity contribution < 1.29 is 0 Å². The molecule has 14 rings (SSSR count). The van der Waals surface area contributed by atoms with Crippen LogP contribution in [-0.4, -0.2) is 0 Å². The molecule has 2 aliphatic rings. The first-order valence-electron chi connectivity index (χ1n) is 24.3. The fourth-order valence-electron chi connectivity index (χ4n) is 12.2. The molecule has 12 aromatic rings. The Hall–Kier alpha value is -9.04. The number of anilines is 3. The molecule has 0 aromatic heterocycles. The van der Waals surface area contributed by atoms with E-state index in [0.717, 1.165) is 22.6 Å². The maximum atomic E-state index is 2.49. The number of para-hydroxylation sites is 1. The van der Waals surface area contributed by atoms with Crippen molar-refractivity contribution in [3.63, 3.8) is 0 Å². The number of rotatable bonds is 7. The molecule has 0 heterocycles. The van der Waals surface area contributed by atoms with Crippen LogP contribution in [0.2, 0.25) is 0 Å². The summed E-state index contributed by atoms with van der Waals surface area (Å²) in [6, 6.07) is 101. The van der Waals surface area contributed by atoms with Crippen LogP contribution in [-0.2, 0) is 5.41 Å². The normalized spacial score (nSPS) is 12.7. The Balaban J connectivity index is 0.981. The van der Waals surface area contributed by atoms with Crippen molar-refractivity contribution in [1.29, 1.82) is 0 Å². The van der Waals surface area contributed by atoms with Gasteiger partial charge in [0.25, 0.3) is 0 Å². The maximum Gasteiger partial charge on any atom is 0.0725 e. The molecular formula is C69H45N. The van der Waals surface area contributed by atoms with E-state index in [2.05, 4.69) is 278 Å². The lowest BCUT2D eigenvalue weighted by molar-refractivity contribution is 0.794. The SMILES string of the molecule is c1ccc(-c2ccccc2-c2ccccc2-c2ccccc2N(c2ccc(-c3cccc4c3ccc3ccccc34)cc2)c2ccc3c(c2)-c2ccccc2C32c3ccccc3-c3ccccc32)cc1. The van der Waals surface area contributed by atoms with Crippen LogP contribution < -0.4 is 4.90 Å². The average molecular weight is 888 g/mol. The predicted octanol–water partition coefficient (Wildman–Crippen LogP) is 18.5. The maximum absolute atomic E-state index is 2.49. The topological polar surface area (TPSA) is 3.24 Å². The highest BCUT2D eigenvalue weighted by molar-refractivity contribution is 6.12. The molecule has 0 saturated heterocycles. The van der Waals surface area contributed by atoms with Crippen molar-refractivity contribution in [2.45, 2.75) is 5.41 Å². The first kappa shape index (κ1) is 40.1. The van der Waals surface area contributed by atoms with Crippen molar-refractivity contribution >= 4 is 38.6 Å². The first-order chi connectivity index (χ1) is 34.8. The van der Waals surface area contributed by atoms with Gasteiger partial charge in [-0.25, -0.2) is 0 Å². The predicted molar refractivity (Wildman–Crippen MR) is 294 cm³/mol. The summed E-state index contributed by atoms with van der Waals surface area (Å²) in [5.74, 6) is 0. The molecule has 0 saturated carbocycles. The van der Waals surface area contributed by atoms with Gasteiger partial charge >= 0.3 is 0 Å². The molecule has 2 aliphatic carbocycles. The largest absolute Gasteiger partial charge is 0.310 e.